The molecule has 1 amide bonds. The van der Waals surface area contributed by atoms with Gasteiger partial charge in [0.15, 0.2) is 5.69 Å². The van der Waals surface area contributed by atoms with Crippen LogP contribution in [0.1, 0.15) is 35.6 Å². The average molecular weight is 365 g/mol. The monoisotopic (exact) mass is 364 g/mol. The Morgan fingerprint density at radius 1 is 1.24 bits per heavy atom. The number of rotatable bonds is 8. The van der Waals surface area contributed by atoms with Gasteiger partial charge in [0, 0.05) is 13.1 Å². The summed E-state index contributed by atoms with van der Waals surface area (Å²) in [6.45, 7) is 4.88. The molecule has 0 saturated heterocycles. The van der Waals surface area contributed by atoms with Crippen molar-refractivity contribution in [2.24, 2.45) is 0 Å². The van der Waals surface area contributed by atoms with E-state index in [1.807, 2.05) is 37.3 Å². The van der Waals surface area contributed by atoms with Crippen LogP contribution in [0.3, 0.4) is 0 Å². The molecule has 2 aromatic rings. The van der Waals surface area contributed by atoms with E-state index in [9.17, 15) is 9.59 Å². The number of ether oxygens (including phenoxy) is 1. The van der Waals surface area contributed by atoms with Crippen molar-refractivity contribution in [2.75, 3.05) is 13.2 Å². The summed E-state index contributed by atoms with van der Waals surface area (Å²) >= 11 is 5.92. The third-order valence-electron chi connectivity index (χ3n) is 3.67. The number of carbonyl (C=O) groups is 2. The highest BCUT2D eigenvalue weighted by molar-refractivity contribution is 6.17. The van der Waals surface area contributed by atoms with Crippen molar-refractivity contribution in [3.05, 3.63) is 47.3 Å². The predicted molar refractivity (Wildman–Crippen MR) is 93.1 cm³/mol. The van der Waals surface area contributed by atoms with E-state index in [1.54, 1.807) is 11.8 Å². The summed E-state index contributed by atoms with van der Waals surface area (Å²) in [4.78, 5) is 26.2. The third-order valence-corrected chi connectivity index (χ3v) is 3.92. The lowest BCUT2D eigenvalue weighted by atomic mass is 10.2. The van der Waals surface area contributed by atoms with Crippen LogP contribution in [0.15, 0.2) is 30.3 Å². The molecule has 0 aliphatic heterocycles. The summed E-state index contributed by atoms with van der Waals surface area (Å²) in [5.74, 6) is -0.703. The van der Waals surface area contributed by atoms with Gasteiger partial charge in [-0.15, -0.1) is 16.7 Å². The summed E-state index contributed by atoms with van der Waals surface area (Å²) in [6, 6.07) is 9.73. The molecule has 1 aromatic heterocycles. The molecule has 0 bridgehead atoms. The van der Waals surface area contributed by atoms with Gasteiger partial charge in [-0.25, -0.2) is 9.48 Å². The van der Waals surface area contributed by atoms with E-state index in [0.29, 0.717) is 18.8 Å². The first-order chi connectivity index (χ1) is 12.1. The van der Waals surface area contributed by atoms with E-state index < -0.39 is 5.97 Å². The quantitative estimate of drug-likeness (QED) is 0.530. The van der Waals surface area contributed by atoms with E-state index in [2.05, 4.69) is 10.3 Å². The van der Waals surface area contributed by atoms with Crippen molar-refractivity contribution < 1.29 is 14.3 Å². The molecule has 0 spiro atoms. The molecular weight excluding hydrogens is 344 g/mol. The summed E-state index contributed by atoms with van der Waals surface area (Å²) < 4.78 is 6.28. The number of halogens is 1. The van der Waals surface area contributed by atoms with Crippen LogP contribution in [0, 0.1) is 0 Å². The maximum absolute atomic E-state index is 12.6. The fourth-order valence-corrected chi connectivity index (χ4v) is 2.62. The Bertz CT molecular complexity index is 718. The van der Waals surface area contributed by atoms with Gasteiger partial charge in [-0.3, -0.25) is 4.79 Å². The second kappa shape index (κ2) is 9.17. The summed E-state index contributed by atoms with van der Waals surface area (Å²) in [6.07, 6.45) is 0. The highest BCUT2D eigenvalue weighted by Gasteiger charge is 2.22. The minimum atomic E-state index is -0.589. The molecule has 0 saturated carbocycles. The van der Waals surface area contributed by atoms with Gasteiger partial charge in [0.1, 0.15) is 6.54 Å². The van der Waals surface area contributed by atoms with Crippen molar-refractivity contribution in [1.29, 1.82) is 0 Å². The number of aromatic nitrogens is 3. The second-order valence-electron chi connectivity index (χ2n) is 5.29. The minimum absolute atomic E-state index is 0.0131. The topological polar surface area (TPSA) is 77.3 Å². The van der Waals surface area contributed by atoms with E-state index >= 15 is 0 Å². The van der Waals surface area contributed by atoms with Crippen LogP contribution in [0.25, 0.3) is 0 Å². The van der Waals surface area contributed by atoms with Gasteiger partial charge in [0.2, 0.25) is 5.91 Å². The van der Waals surface area contributed by atoms with Crippen LogP contribution < -0.4 is 0 Å². The molecule has 0 aliphatic rings. The minimum Gasteiger partial charge on any atom is -0.461 e. The number of hydrogen-bond acceptors (Lipinski definition) is 5. The highest BCUT2D eigenvalue weighted by atomic mass is 35.5. The molecule has 2 rings (SSSR count). The zero-order valence-electron chi connectivity index (χ0n) is 14.3. The number of carbonyl (C=O) groups excluding carboxylic acids is 2. The average Bonchev–Trinajstić information content (AvgIpc) is 3.03. The molecule has 0 N–H and O–H groups in total. The van der Waals surface area contributed by atoms with Gasteiger partial charge >= 0.3 is 5.97 Å². The molecule has 0 aliphatic carbocycles. The smallest absolute Gasteiger partial charge is 0.360 e. The lowest BCUT2D eigenvalue weighted by Gasteiger charge is -2.21. The highest BCUT2D eigenvalue weighted by Crippen LogP contribution is 2.12. The Balaban J connectivity index is 2.12. The Morgan fingerprint density at radius 2 is 1.96 bits per heavy atom. The summed E-state index contributed by atoms with van der Waals surface area (Å²) in [5.41, 5.74) is 1.47. The number of hydrogen-bond donors (Lipinski definition) is 0. The van der Waals surface area contributed by atoms with E-state index in [4.69, 9.17) is 16.3 Å². The van der Waals surface area contributed by atoms with Crippen molar-refractivity contribution in [3.63, 3.8) is 0 Å². The zero-order chi connectivity index (χ0) is 18.2. The van der Waals surface area contributed by atoms with Crippen LogP contribution in [0.4, 0.5) is 0 Å². The standard InChI is InChI=1S/C17H21ClN4O3/c1-3-21(11-13-8-6-5-7-9-13)15(23)12-22-14(10-18)16(19-20-22)17(24)25-4-2/h5-9H,3-4,10-12H2,1-2H3. The maximum atomic E-state index is 12.6. The van der Waals surface area contributed by atoms with Crippen LogP contribution in [-0.2, 0) is 28.5 Å². The molecule has 0 fully saturated rings. The van der Waals surface area contributed by atoms with Gasteiger partial charge in [0.25, 0.3) is 0 Å². The van der Waals surface area contributed by atoms with Gasteiger partial charge in [-0.05, 0) is 19.4 Å². The van der Waals surface area contributed by atoms with Crippen LogP contribution >= 0.6 is 11.6 Å². The van der Waals surface area contributed by atoms with Gasteiger partial charge < -0.3 is 9.64 Å². The number of nitrogens with zero attached hydrogens (tertiary/aromatic N) is 4. The maximum Gasteiger partial charge on any atom is 0.360 e. The first kappa shape index (κ1) is 18.9. The zero-order valence-corrected chi connectivity index (χ0v) is 15.1. The first-order valence-corrected chi connectivity index (χ1v) is 8.61. The number of likely N-dealkylation sites (N-methyl/N-ethyl adjacent to an activating group) is 1. The molecule has 0 radical (unpaired) electrons. The fourth-order valence-electron chi connectivity index (χ4n) is 2.36. The lowest BCUT2D eigenvalue weighted by molar-refractivity contribution is -0.132. The number of amides is 1. The normalized spacial score (nSPS) is 10.5. The number of benzene rings is 1. The van der Waals surface area contributed by atoms with Gasteiger partial charge in [-0.2, -0.15) is 0 Å². The molecule has 25 heavy (non-hydrogen) atoms. The van der Waals surface area contributed by atoms with Crippen LogP contribution in [-0.4, -0.2) is 44.9 Å². The molecule has 1 aromatic carbocycles. The SMILES string of the molecule is CCOC(=O)c1nnn(CC(=O)N(CC)Cc2ccccc2)c1CCl. The van der Waals surface area contributed by atoms with E-state index in [0.717, 1.165) is 5.56 Å². The molecule has 134 valence electrons. The molecule has 1 heterocycles. The summed E-state index contributed by atoms with van der Waals surface area (Å²) in [7, 11) is 0. The Hall–Kier alpha value is -2.41. The van der Waals surface area contributed by atoms with Crippen LogP contribution in [0.5, 0.6) is 0 Å². The molecular formula is C17H21ClN4O3. The molecule has 7 nitrogen and oxygen atoms in total. The predicted octanol–water partition coefficient (Wildman–Crippen LogP) is 2.24. The molecule has 0 unspecified atom stereocenters. The van der Waals surface area contributed by atoms with Gasteiger partial charge in [-0.1, -0.05) is 35.5 Å². The Labute approximate surface area is 151 Å². The van der Waals surface area contributed by atoms with E-state index in [-0.39, 0.29) is 30.6 Å². The molecule has 0 atom stereocenters. The van der Waals surface area contributed by atoms with Crippen molar-refractivity contribution >= 4 is 23.5 Å². The molecule has 8 heteroatoms. The third kappa shape index (κ3) is 4.79. The number of alkyl halides is 1. The second-order valence-corrected chi connectivity index (χ2v) is 5.56. The first-order valence-electron chi connectivity index (χ1n) is 8.07. The lowest BCUT2D eigenvalue weighted by Crippen LogP contribution is -2.34. The Morgan fingerprint density at radius 3 is 2.56 bits per heavy atom. The van der Waals surface area contributed by atoms with Gasteiger partial charge in [0.05, 0.1) is 18.2 Å². The van der Waals surface area contributed by atoms with Crippen molar-refractivity contribution in [3.8, 4) is 0 Å². The van der Waals surface area contributed by atoms with Crippen molar-refractivity contribution in [2.45, 2.75) is 32.8 Å². The number of esters is 1. The Kier molecular flexibility index (Phi) is 6.94. The van der Waals surface area contributed by atoms with Crippen LogP contribution in [0.2, 0.25) is 0 Å². The fraction of sp³-hybridized carbons (Fsp3) is 0.412. The summed E-state index contributed by atoms with van der Waals surface area (Å²) in [5, 5.41) is 7.70. The largest absolute Gasteiger partial charge is 0.461 e. The van der Waals surface area contributed by atoms with Crippen molar-refractivity contribution in [1.82, 2.24) is 19.9 Å². The van der Waals surface area contributed by atoms with E-state index in [1.165, 1.54) is 4.68 Å².